The van der Waals surface area contributed by atoms with Crippen LogP contribution < -0.4 is 10.0 Å². The number of guanidine groups is 1. The van der Waals surface area contributed by atoms with Gasteiger partial charge >= 0.3 is 0 Å². The molecule has 0 aromatic heterocycles. The summed E-state index contributed by atoms with van der Waals surface area (Å²) in [6.07, 6.45) is 0.786. The number of anilines is 1. The van der Waals surface area contributed by atoms with Gasteiger partial charge in [-0.1, -0.05) is 43.3 Å². The zero-order valence-electron chi connectivity index (χ0n) is 13.1. The second-order valence-electron chi connectivity index (χ2n) is 5.48. The average molecular weight is 329 g/mol. The van der Waals surface area contributed by atoms with E-state index in [4.69, 9.17) is 0 Å². The van der Waals surface area contributed by atoms with Crippen LogP contribution in [0.15, 0.2) is 58.4 Å². The first kappa shape index (κ1) is 15.6. The molecule has 1 atom stereocenters. The molecule has 23 heavy (non-hydrogen) atoms. The van der Waals surface area contributed by atoms with Crippen molar-refractivity contribution in [1.82, 2.24) is 4.72 Å². The fourth-order valence-electron chi connectivity index (χ4n) is 2.51. The predicted octanol–water partition coefficient (Wildman–Crippen LogP) is 3.07. The number of aryl methyl sites for hydroxylation is 1. The van der Waals surface area contributed by atoms with Crippen LogP contribution in [-0.2, 0) is 16.4 Å². The van der Waals surface area contributed by atoms with Gasteiger partial charge in [-0.2, -0.15) is 0 Å². The number of fused-ring (bicyclic) bond motifs is 1. The van der Waals surface area contributed by atoms with Crippen molar-refractivity contribution in [2.75, 3.05) is 5.32 Å². The molecule has 2 aromatic rings. The zero-order valence-corrected chi connectivity index (χ0v) is 13.9. The van der Waals surface area contributed by atoms with Crippen LogP contribution in [0.4, 0.5) is 5.69 Å². The molecule has 0 amide bonds. The molecule has 3 rings (SSSR count). The Hall–Kier alpha value is -2.34. The third-order valence-electron chi connectivity index (χ3n) is 3.83. The largest absolute Gasteiger partial charge is 0.324 e. The summed E-state index contributed by atoms with van der Waals surface area (Å²) in [4.78, 5) is 4.73. The smallest absolute Gasteiger partial charge is 0.266 e. The molecule has 1 aliphatic rings. The van der Waals surface area contributed by atoms with Crippen LogP contribution in [0.25, 0.3) is 0 Å². The molecule has 6 heteroatoms. The van der Waals surface area contributed by atoms with E-state index in [9.17, 15) is 8.42 Å². The van der Waals surface area contributed by atoms with Gasteiger partial charge in [0.15, 0.2) is 0 Å². The van der Waals surface area contributed by atoms with Crippen molar-refractivity contribution >= 4 is 21.7 Å². The van der Waals surface area contributed by atoms with Crippen LogP contribution in [0.3, 0.4) is 0 Å². The third kappa shape index (κ3) is 3.22. The normalized spacial score (nSPS) is 18.6. The molecule has 0 saturated heterocycles. The molecule has 0 aliphatic carbocycles. The van der Waals surface area contributed by atoms with E-state index in [2.05, 4.69) is 15.0 Å². The van der Waals surface area contributed by atoms with Gasteiger partial charge in [-0.05, 0) is 36.6 Å². The Morgan fingerprint density at radius 1 is 1.13 bits per heavy atom. The van der Waals surface area contributed by atoms with Gasteiger partial charge in [0.2, 0.25) is 5.96 Å². The Balaban J connectivity index is 1.94. The van der Waals surface area contributed by atoms with Gasteiger partial charge in [-0.25, -0.2) is 18.1 Å². The molecule has 2 aromatic carbocycles. The van der Waals surface area contributed by atoms with E-state index in [-0.39, 0.29) is 16.9 Å². The summed E-state index contributed by atoms with van der Waals surface area (Å²) in [7, 11) is -3.59. The molecule has 0 fully saturated rings. The second-order valence-corrected chi connectivity index (χ2v) is 7.13. The molecule has 1 unspecified atom stereocenters. The quantitative estimate of drug-likeness (QED) is 0.909. The average Bonchev–Trinajstić information content (AvgIpc) is 2.55. The lowest BCUT2D eigenvalue weighted by Gasteiger charge is -2.23. The van der Waals surface area contributed by atoms with Crippen molar-refractivity contribution in [3.05, 3.63) is 59.7 Å². The summed E-state index contributed by atoms with van der Waals surface area (Å²) in [5.41, 5.74) is 2.56. The maximum absolute atomic E-state index is 12.4. The van der Waals surface area contributed by atoms with Crippen LogP contribution in [-0.4, -0.2) is 14.4 Å². The molecule has 5 nitrogen and oxygen atoms in total. The Kier molecular flexibility index (Phi) is 4.09. The second kappa shape index (κ2) is 6.04. The number of nitrogens with zero attached hydrogens (tertiary/aromatic N) is 1. The van der Waals surface area contributed by atoms with E-state index in [1.54, 1.807) is 12.1 Å². The SMILES string of the molecule is CCc1ccc2c(c1)S(=O)(=O)NC(=NC(C)c1ccccc1)N2. The Morgan fingerprint density at radius 3 is 2.57 bits per heavy atom. The lowest BCUT2D eigenvalue weighted by Crippen LogP contribution is -2.41. The summed E-state index contributed by atoms with van der Waals surface area (Å²) in [6.45, 7) is 3.92. The minimum absolute atomic E-state index is 0.155. The fraction of sp³-hybridized carbons (Fsp3) is 0.235. The molecular formula is C17H19N3O2S. The van der Waals surface area contributed by atoms with Gasteiger partial charge in [0.25, 0.3) is 10.0 Å². The fourth-order valence-corrected chi connectivity index (χ4v) is 3.69. The number of hydrogen-bond donors (Lipinski definition) is 2. The number of rotatable bonds is 3. The van der Waals surface area contributed by atoms with E-state index >= 15 is 0 Å². The highest BCUT2D eigenvalue weighted by molar-refractivity contribution is 7.90. The summed E-state index contributed by atoms with van der Waals surface area (Å²) in [6, 6.07) is 15.0. The summed E-state index contributed by atoms with van der Waals surface area (Å²) >= 11 is 0. The van der Waals surface area contributed by atoms with Crippen molar-refractivity contribution in [3.8, 4) is 0 Å². The van der Waals surface area contributed by atoms with Crippen molar-refractivity contribution in [3.63, 3.8) is 0 Å². The number of nitrogens with one attached hydrogen (secondary N) is 2. The highest BCUT2D eigenvalue weighted by atomic mass is 32.2. The standard InChI is InChI=1S/C17H19N3O2S/c1-3-13-9-10-15-16(11-13)23(21,22)20-17(19-15)18-12(2)14-7-5-4-6-8-14/h4-12H,3H2,1-2H3,(H2,18,19,20). The molecular weight excluding hydrogens is 310 g/mol. The molecule has 0 bridgehead atoms. The van der Waals surface area contributed by atoms with Crippen LogP contribution in [0.5, 0.6) is 0 Å². The summed E-state index contributed by atoms with van der Waals surface area (Å²) in [5.74, 6) is 0.248. The Morgan fingerprint density at radius 2 is 1.87 bits per heavy atom. The number of hydrogen-bond acceptors (Lipinski definition) is 3. The predicted molar refractivity (Wildman–Crippen MR) is 92.1 cm³/mol. The molecule has 0 spiro atoms. The van der Waals surface area contributed by atoms with Gasteiger partial charge in [-0.3, -0.25) is 0 Å². The first-order valence-electron chi connectivity index (χ1n) is 7.55. The monoisotopic (exact) mass is 329 g/mol. The van der Waals surface area contributed by atoms with Gasteiger partial charge in [0.05, 0.1) is 11.7 Å². The molecule has 0 saturated carbocycles. The number of sulfonamides is 1. The zero-order chi connectivity index (χ0) is 16.4. The maximum atomic E-state index is 12.4. The van der Waals surface area contributed by atoms with Gasteiger partial charge < -0.3 is 5.32 Å². The maximum Gasteiger partial charge on any atom is 0.266 e. The minimum atomic E-state index is -3.59. The Labute approximate surface area is 136 Å². The van der Waals surface area contributed by atoms with Gasteiger partial charge in [0, 0.05) is 0 Å². The van der Waals surface area contributed by atoms with Crippen molar-refractivity contribution < 1.29 is 8.42 Å². The molecule has 1 aliphatic heterocycles. The Bertz CT molecular complexity index is 845. The third-order valence-corrected chi connectivity index (χ3v) is 5.21. The molecule has 2 N–H and O–H groups in total. The van der Waals surface area contributed by atoms with Crippen molar-refractivity contribution in [1.29, 1.82) is 0 Å². The lowest BCUT2D eigenvalue weighted by atomic mass is 10.1. The molecule has 1 heterocycles. The number of benzene rings is 2. The van der Waals surface area contributed by atoms with E-state index in [0.29, 0.717) is 5.69 Å². The highest BCUT2D eigenvalue weighted by Crippen LogP contribution is 2.27. The van der Waals surface area contributed by atoms with Crippen LogP contribution in [0.2, 0.25) is 0 Å². The van der Waals surface area contributed by atoms with Gasteiger partial charge in [-0.15, -0.1) is 0 Å². The van der Waals surface area contributed by atoms with Crippen LogP contribution >= 0.6 is 0 Å². The number of aliphatic imine (C=N–C) groups is 1. The lowest BCUT2D eigenvalue weighted by molar-refractivity contribution is 0.591. The van der Waals surface area contributed by atoms with Crippen molar-refractivity contribution in [2.24, 2.45) is 4.99 Å². The van der Waals surface area contributed by atoms with Gasteiger partial charge in [0.1, 0.15) is 4.90 Å². The molecule has 120 valence electrons. The van der Waals surface area contributed by atoms with E-state index < -0.39 is 10.0 Å². The van der Waals surface area contributed by atoms with E-state index in [1.807, 2.05) is 50.2 Å². The minimum Gasteiger partial charge on any atom is -0.324 e. The van der Waals surface area contributed by atoms with E-state index in [1.165, 1.54) is 0 Å². The topological polar surface area (TPSA) is 70.6 Å². The van der Waals surface area contributed by atoms with Crippen LogP contribution in [0.1, 0.15) is 31.0 Å². The first-order valence-corrected chi connectivity index (χ1v) is 9.03. The van der Waals surface area contributed by atoms with E-state index in [0.717, 1.165) is 17.5 Å². The van der Waals surface area contributed by atoms with Crippen LogP contribution in [0, 0.1) is 0 Å². The van der Waals surface area contributed by atoms with Crippen molar-refractivity contribution in [2.45, 2.75) is 31.2 Å². The molecule has 0 radical (unpaired) electrons. The summed E-state index contributed by atoms with van der Waals surface area (Å²) < 4.78 is 27.4. The first-order chi connectivity index (χ1) is 11.0. The summed E-state index contributed by atoms with van der Waals surface area (Å²) in [5, 5.41) is 3.06. The highest BCUT2D eigenvalue weighted by Gasteiger charge is 2.27.